The predicted molar refractivity (Wildman–Crippen MR) is 113 cm³/mol. The molecule has 0 aliphatic heterocycles. The van der Waals surface area contributed by atoms with Crippen LogP contribution in [0.25, 0.3) is 0 Å². The largest absolute Gasteiger partial charge is 0.471 e. The Morgan fingerprint density at radius 3 is 2.69 bits per heavy atom. The van der Waals surface area contributed by atoms with E-state index in [-0.39, 0.29) is 12.4 Å². The summed E-state index contributed by atoms with van der Waals surface area (Å²) in [6.07, 6.45) is 4.07. The second-order valence-corrected chi connectivity index (χ2v) is 6.79. The van der Waals surface area contributed by atoms with Gasteiger partial charge in [-0.05, 0) is 35.4 Å². The van der Waals surface area contributed by atoms with E-state index in [1.54, 1.807) is 18.3 Å². The number of rotatable bonds is 8. The van der Waals surface area contributed by atoms with Crippen LogP contribution in [0.1, 0.15) is 11.1 Å². The third kappa shape index (κ3) is 6.47. The van der Waals surface area contributed by atoms with Gasteiger partial charge in [-0.1, -0.05) is 42.1 Å². The number of amidine groups is 1. The number of nitro groups is 1. The molecule has 0 saturated carbocycles. The lowest BCUT2D eigenvalue weighted by Gasteiger charge is -2.05. The second kappa shape index (κ2) is 10.0. The normalized spacial score (nSPS) is 11.7. The maximum Gasteiger partial charge on any atom is 0.307 e. The summed E-state index contributed by atoms with van der Waals surface area (Å²) < 4.78 is 6.88. The third-order valence-corrected chi connectivity index (χ3v) is 4.52. The average molecular weight is 410 g/mol. The van der Waals surface area contributed by atoms with Crippen LogP contribution in [0.3, 0.4) is 0 Å². The first kappa shape index (κ1) is 20.1. The third-order valence-electron chi connectivity index (χ3n) is 3.67. The van der Waals surface area contributed by atoms with E-state index in [1.165, 1.54) is 34.4 Å². The van der Waals surface area contributed by atoms with Crippen LogP contribution in [0.4, 0.5) is 5.69 Å². The fourth-order valence-corrected chi connectivity index (χ4v) is 2.83. The Morgan fingerprint density at radius 1 is 1.24 bits per heavy atom. The molecule has 29 heavy (non-hydrogen) atoms. The number of hydrogen-bond acceptors (Lipinski definition) is 7. The van der Waals surface area contributed by atoms with Gasteiger partial charge in [0.1, 0.15) is 18.1 Å². The molecule has 9 nitrogen and oxygen atoms in total. The fourth-order valence-electron chi connectivity index (χ4n) is 2.22. The molecule has 148 valence electrons. The van der Waals surface area contributed by atoms with E-state index in [4.69, 9.17) is 10.5 Å². The summed E-state index contributed by atoms with van der Waals surface area (Å²) in [4.78, 5) is 10.1. The minimum absolute atomic E-state index is 0.0702. The highest BCUT2D eigenvalue weighted by Gasteiger charge is 2.08. The summed E-state index contributed by atoms with van der Waals surface area (Å²) in [5, 5.41) is 22.9. The quantitative estimate of drug-likeness (QED) is 0.263. The number of ether oxygens (including phenoxy) is 1. The topological polar surface area (TPSA) is 121 Å². The maximum absolute atomic E-state index is 10.6. The zero-order valence-corrected chi connectivity index (χ0v) is 16.1. The van der Waals surface area contributed by atoms with Crippen molar-refractivity contribution >= 4 is 28.8 Å². The van der Waals surface area contributed by atoms with Gasteiger partial charge in [0.2, 0.25) is 0 Å². The summed E-state index contributed by atoms with van der Waals surface area (Å²) in [6, 6.07) is 17.1. The molecule has 0 amide bonds. The minimum Gasteiger partial charge on any atom is -0.471 e. The molecule has 2 aromatic carbocycles. The molecule has 0 bridgehead atoms. The standard InChI is InChI=1S/C19H18N6O3S/c20-19(29-13-16-4-2-1-3-5-16)23-21-10-15-6-8-18(9-7-15)28-14-24-12-17(11-22-24)25(26)27/h1-12H,13-14H2,(H2,20,23). The van der Waals surface area contributed by atoms with E-state index in [1.807, 2.05) is 42.5 Å². The van der Waals surface area contributed by atoms with Gasteiger partial charge in [-0.25, -0.2) is 4.68 Å². The van der Waals surface area contributed by atoms with Crippen LogP contribution in [0.5, 0.6) is 5.75 Å². The van der Waals surface area contributed by atoms with Crippen molar-refractivity contribution < 1.29 is 9.66 Å². The Hall–Kier alpha value is -3.66. The number of nitrogens with two attached hydrogens (primary N) is 1. The van der Waals surface area contributed by atoms with Crippen LogP contribution in [-0.4, -0.2) is 26.1 Å². The van der Waals surface area contributed by atoms with Crippen molar-refractivity contribution in [1.82, 2.24) is 9.78 Å². The predicted octanol–water partition coefficient (Wildman–Crippen LogP) is 3.41. The maximum atomic E-state index is 10.6. The number of benzene rings is 2. The summed E-state index contributed by atoms with van der Waals surface area (Å²) >= 11 is 1.42. The number of nitrogens with zero attached hydrogens (tertiary/aromatic N) is 5. The molecule has 0 aliphatic rings. The van der Waals surface area contributed by atoms with Gasteiger partial charge in [0.25, 0.3) is 0 Å². The molecular weight excluding hydrogens is 392 g/mol. The highest BCUT2D eigenvalue weighted by Crippen LogP contribution is 2.14. The SMILES string of the molecule is NC(=NN=Cc1ccc(OCn2cc([N+](=O)[O-])cn2)cc1)SCc1ccccc1. The lowest BCUT2D eigenvalue weighted by atomic mass is 10.2. The van der Waals surface area contributed by atoms with Crippen LogP contribution in [0.2, 0.25) is 0 Å². The van der Waals surface area contributed by atoms with Crippen LogP contribution >= 0.6 is 11.8 Å². The van der Waals surface area contributed by atoms with Crippen molar-refractivity contribution in [3.8, 4) is 5.75 Å². The second-order valence-electron chi connectivity index (χ2n) is 5.79. The molecule has 0 spiro atoms. The van der Waals surface area contributed by atoms with E-state index in [0.717, 1.165) is 11.3 Å². The van der Waals surface area contributed by atoms with Gasteiger partial charge < -0.3 is 10.5 Å². The molecule has 2 N–H and O–H groups in total. The van der Waals surface area contributed by atoms with Crippen LogP contribution in [0.15, 0.2) is 77.2 Å². The van der Waals surface area contributed by atoms with Crippen molar-refractivity contribution in [2.45, 2.75) is 12.5 Å². The first-order chi connectivity index (χ1) is 14.1. The van der Waals surface area contributed by atoms with Crippen LogP contribution in [0, 0.1) is 10.1 Å². The van der Waals surface area contributed by atoms with E-state index in [9.17, 15) is 10.1 Å². The Bertz CT molecular complexity index is 1000. The fraction of sp³-hybridized carbons (Fsp3) is 0.105. The Kier molecular flexibility index (Phi) is 6.95. The van der Waals surface area contributed by atoms with Crippen molar-refractivity contribution in [2.24, 2.45) is 15.9 Å². The van der Waals surface area contributed by atoms with Crippen molar-refractivity contribution in [1.29, 1.82) is 0 Å². The average Bonchev–Trinajstić information content (AvgIpc) is 3.22. The van der Waals surface area contributed by atoms with Gasteiger partial charge in [0.15, 0.2) is 11.9 Å². The molecule has 1 aromatic heterocycles. The highest BCUT2D eigenvalue weighted by molar-refractivity contribution is 8.13. The van der Waals surface area contributed by atoms with Crippen LogP contribution in [-0.2, 0) is 12.5 Å². The molecule has 0 atom stereocenters. The summed E-state index contributed by atoms with van der Waals surface area (Å²) in [5.74, 6) is 1.33. The summed E-state index contributed by atoms with van der Waals surface area (Å²) in [5.41, 5.74) is 7.77. The molecule has 0 saturated heterocycles. The molecule has 0 fully saturated rings. The Balaban J connectivity index is 1.47. The highest BCUT2D eigenvalue weighted by atomic mass is 32.2. The lowest BCUT2D eigenvalue weighted by Crippen LogP contribution is -2.06. The molecule has 1 heterocycles. The van der Waals surface area contributed by atoms with Crippen molar-refractivity contribution in [2.75, 3.05) is 0 Å². The zero-order chi connectivity index (χ0) is 20.5. The van der Waals surface area contributed by atoms with E-state index < -0.39 is 4.92 Å². The summed E-state index contributed by atoms with van der Waals surface area (Å²) in [6.45, 7) is 0.0702. The number of aromatic nitrogens is 2. The Labute approximate surface area is 171 Å². The monoisotopic (exact) mass is 410 g/mol. The first-order valence-electron chi connectivity index (χ1n) is 8.53. The minimum atomic E-state index is -0.507. The molecule has 3 rings (SSSR count). The van der Waals surface area contributed by atoms with Gasteiger partial charge in [-0.15, -0.1) is 5.10 Å². The molecule has 0 aliphatic carbocycles. The number of thioether (sulfide) groups is 1. The van der Waals surface area contributed by atoms with E-state index in [0.29, 0.717) is 10.9 Å². The lowest BCUT2D eigenvalue weighted by molar-refractivity contribution is -0.385. The van der Waals surface area contributed by atoms with Crippen molar-refractivity contribution in [3.05, 3.63) is 88.2 Å². The van der Waals surface area contributed by atoms with Gasteiger partial charge in [0.05, 0.1) is 11.1 Å². The zero-order valence-electron chi connectivity index (χ0n) is 15.3. The smallest absolute Gasteiger partial charge is 0.307 e. The first-order valence-corrected chi connectivity index (χ1v) is 9.51. The van der Waals surface area contributed by atoms with Gasteiger partial charge in [-0.2, -0.15) is 10.2 Å². The van der Waals surface area contributed by atoms with E-state index >= 15 is 0 Å². The molecule has 3 aromatic rings. The Morgan fingerprint density at radius 2 is 2.00 bits per heavy atom. The van der Waals surface area contributed by atoms with Crippen LogP contribution < -0.4 is 10.5 Å². The summed E-state index contributed by atoms with van der Waals surface area (Å²) in [7, 11) is 0. The van der Waals surface area contributed by atoms with E-state index in [2.05, 4.69) is 15.3 Å². The molecule has 0 radical (unpaired) electrons. The molecule has 0 unspecified atom stereocenters. The van der Waals surface area contributed by atoms with Crippen molar-refractivity contribution in [3.63, 3.8) is 0 Å². The molecule has 10 heteroatoms. The van der Waals surface area contributed by atoms with Gasteiger partial charge in [0, 0.05) is 5.75 Å². The number of hydrogen-bond donors (Lipinski definition) is 1. The van der Waals surface area contributed by atoms with Gasteiger partial charge >= 0.3 is 5.69 Å². The molecular formula is C19H18N6O3S. The van der Waals surface area contributed by atoms with Gasteiger partial charge in [-0.3, -0.25) is 10.1 Å².